The number of nitrogens with zero attached hydrogens (tertiary/aromatic N) is 1. The van der Waals surface area contributed by atoms with Gasteiger partial charge in [-0.1, -0.05) is 60.5 Å². The van der Waals surface area contributed by atoms with Crippen molar-refractivity contribution in [3.8, 4) is 0 Å². The molecule has 1 N–H and O–H groups in total. The number of nitrogens with one attached hydrogen (secondary N) is 1. The molecular weight excluding hydrogens is 428 g/mol. The summed E-state index contributed by atoms with van der Waals surface area (Å²) in [5.74, 6) is 0.913. The van der Waals surface area contributed by atoms with Crippen molar-refractivity contribution in [1.82, 2.24) is 10.2 Å². The second-order valence-electron chi connectivity index (χ2n) is 8.79. The van der Waals surface area contributed by atoms with Crippen LogP contribution in [0, 0.1) is 6.92 Å². The van der Waals surface area contributed by atoms with Gasteiger partial charge in [-0.15, -0.1) is 11.8 Å². The van der Waals surface area contributed by atoms with Gasteiger partial charge in [-0.3, -0.25) is 9.59 Å². The first kappa shape index (κ1) is 25.3. The number of halogens is 1. The molecule has 2 aromatic carbocycles. The highest BCUT2D eigenvalue weighted by molar-refractivity contribution is 7.99. The Labute approximate surface area is 195 Å². The van der Waals surface area contributed by atoms with Crippen molar-refractivity contribution in [2.24, 2.45) is 0 Å². The monoisotopic (exact) mass is 460 g/mol. The number of benzene rings is 2. The van der Waals surface area contributed by atoms with Gasteiger partial charge in [0.2, 0.25) is 11.8 Å². The number of rotatable bonds is 9. The number of carbonyl (C=O) groups excluding carboxylic acids is 2. The number of thioether (sulfide) groups is 1. The lowest BCUT2D eigenvalue weighted by Gasteiger charge is -2.33. The van der Waals surface area contributed by atoms with E-state index in [-0.39, 0.29) is 17.4 Å². The molecule has 2 amide bonds. The normalized spacial score (nSPS) is 12.3. The lowest BCUT2D eigenvalue weighted by atomic mass is 10.1. The molecule has 31 heavy (non-hydrogen) atoms. The molecule has 0 saturated carbocycles. The summed E-state index contributed by atoms with van der Waals surface area (Å²) in [6.07, 6.45) is 0.546. The standard InChI is InChI=1S/C25H33ClN2O2S/c1-6-22(24(30)27-25(3,4)5)28(15-19-11-13-21(26)14-12-19)23(29)17-31-16-20-9-7-18(2)8-10-20/h7-14,22H,6,15-17H2,1-5H3,(H,27,30)/t22-/m0/s1. The van der Waals surface area contributed by atoms with Gasteiger partial charge in [0.05, 0.1) is 5.75 Å². The van der Waals surface area contributed by atoms with E-state index in [1.54, 1.807) is 16.7 Å². The van der Waals surface area contributed by atoms with Crippen LogP contribution in [0.5, 0.6) is 0 Å². The van der Waals surface area contributed by atoms with E-state index in [1.165, 1.54) is 11.1 Å². The molecule has 0 aliphatic rings. The van der Waals surface area contributed by atoms with Gasteiger partial charge in [-0.2, -0.15) is 0 Å². The Morgan fingerprint density at radius 2 is 1.61 bits per heavy atom. The summed E-state index contributed by atoms with van der Waals surface area (Å²) in [6, 6.07) is 15.2. The maximum atomic E-state index is 13.2. The Balaban J connectivity index is 2.14. The van der Waals surface area contributed by atoms with Crippen molar-refractivity contribution < 1.29 is 9.59 Å². The van der Waals surface area contributed by atoms with Crippen LogP contribution < -0.4 is 5.32 Å². The number of carbonyl (C=O) groups is 2. The van der Waals surface area contributed by atoms with E-state index < -0.39 is 6.04 Å². The van der Waals surface area contributed by atoms with Gasteiger partial charge < -0.3 is 10.2 Å². The predicted octanol–water partition coefficient (Wildman–Crippen LogP) is 5.60. The fraction of sp³-hybridized carbons (Fsp3) is 0.440. The Morgan fingerprint density at radius 3 is 2.16 bits per heavy atom. The summed E-state index contributed by atoms with van der Waals surface area (Å²) < 4.78 is 0. The van der Waals surface area contributed by atoms with E-state index in [4.69, 9.17) is 11.6 Å². The molecule has 0 aliphatic heterocycles. The zero-order valence-electron chi connectivity index (χ0n) is 19.1. The third-order valence-electron chi connectivity index (χ3n) is 4.77. The minimum absolute atomic E-state index is 0.0389. The lowest BCUT2D eigenvalue weighted by Crippen LogP contribution is -2.53. The molecule has 0 aromatic heterocycles. The van der Waals surface area contributed by atoms with Gasteiger partial charge in [0.25, 0.3) is 0 Å². The molecule has 0 heterocycles. The highest BCUT2D eigenvalue weighted by atomic mass is 35.5. The molecule has 0 spiro atoms. The molecule has 0 radical (unpaired) electrons. The third-order valence-corrected chi connectivity index (χ3v) is 6.01. The zero-order valence-corrected chi connectivity index (χ0v) is 20.6. The average Bonchev–Trinajstić information content (AvgIpc) is 2.69. The quantitative estimate of drug-likeness (QED) is 0.529. The second kappa shape index (κ2) is 11.6. The first-order valence-electron chi connectivity index (χ1n) is 10.6. The molecule has 6 heteroatoms. The molecule has 2 aromatic rings. The van der Waals surface area contributed by atoms with E-state index in [0.29, 0.717) is 23.7 Å². The Kier molecular flexibility index (Phi) is 9.45. The summed E-state index contributed by atoms with van der Waals surface area (Å²) in [5, 5.41) is 3.67. The van der Waals surface area contributed by atoms with Crippen LogP contribution in [0.3, 0.4) is 0 Å². The van der Waals surface area contributed by atoms with E-state index in [2.05, 4.69) is 36.5 Å². The van der Waals surface area contributed by atoms with Crippen LogP contribution in [0.15, 0.2) is 48.5 Å². The molecule has 0 bridgehead atoms. The average molecular weight is 461 g/mol. The zero-order chi connectivity index (χ0) is 23.0. The van der Waals surface area contributed by atoms with Gasteiger partial charge in [-0.05, 0) is 57.4 Å². The van der Waals surface area contributed by atoms with Crippen molar-refractivity contribution in [3.05, 3.63) is 70.2 Å². The van der Waals surface area contributed by atoms with Crippen molar-refractivity contribution in [3.63, 3.8) is 0 Å². The van der Waals surface area contributed by atoms with Gasteiger partial charge in [0.1, 0.15) is 6.04 Å². The molecule has 168 valence electrons. The van der Waals surface area contributed by atoms with Gasteiger partial charge in [0.15, 0.2) is 0 Å². The minimum Gasteiger partial charge on any atom is -0.350 e. The van der Waals surface area contributed by atoms with Crippen molar-refractivity contribution in [1.29, 1.82) is 0 Å². The van der Waals surface area contributed by atoms with Crippen LogP contribution in [0.2, 0.25) is 5.02 Å². The lowest BCUT2D eigenvalue weighted by molar-refractivity contribution is -0.140. The molecule has 0 fully saturated rings. The highest BCUT2D eigenvalue weighted by Gasteiger charge is 2.30. The SMILES string of the molecule is CC[C@@H](C(=O)NC(C)(C)C)N(Cc1ccc(Cl)cc1)C(=O)CSCc1ccc(C)cc1. The van der Waals surface area contributed by atoms with Crippen LogP contribution in [0.25, 0.3) is 0 Å². The first-order chi connectivity index (χ1) is 14.6. The fourth-order valence-corrected chi connectivity index (χ4v) is 4.18. The first-order valence-corrected chi connectivity index (χ1v) is 12.1. The van der Waals surface area contributed by atoms with Gasteiger partial charge >= 0.3 is 0 Å². The topological polar surface area (TPSA) is 49.4 Å². The Morgan fingerprint density at radius 1 is 1.03 bits per heavy atom. The molecule has 1 atom stereocenters. The van der Waals surface area contributed by atoms with Gasteiger partial charge in [0, 0.05) is 22.9 Å². The minimum atomic E-state index is -0.526. The second-order valence-corrected chi connectivity index (χ2v) is 10.2. The maximum absolute atomic E-state index is 13.2. The number of hydrogen-bond donors (Lipinski definition) is 1. The number of hydrogen-bond acceptors (Lipinski definition) is 3. The molecule has 0 unspecified atom stereocenters. The highest BCUT2D eigenvalue weighted by Crippen LogP contribution is 2.19. The van der Waals surface area contributed by atoms with Crippen LogP contribution in [-0.2, 0) is 21.9 Å². The van der Waals surface area contributed by atoms with Crippen LogP contribution in [0.1, 0.15) is 50.8 Å². The third kappa shape index (κ3) is 8.58. The number of amides is 2. The maximum Gasteiger partial charge on any atom is 0.243 e. The van der Waals surface area contributed by atoms with Crippen LogP contribution in [0.4, 0.5) is 0 Å². The fourth-order valence-electron chi connectivity index (χ4n) is 3.18. The van der Waals surface area contributed by atoms with E-state index in [9.17, 15) is 9.59 Å². The smallest absolute Gasteiger partial charge is 0.243 e. The van der Waals surface area contributed by atoms with Crippen molar-refractivity contribution >= 4 is 35.2 Å². The summed E-state index contributed by atoms with van der Waals surface area (Å²) >= 11 is 7.58. The molecule has 0 saturated heterocycles. The van der Waals surface area contributed by atoms with Crippen molar-refractivity contribution in [2.75, 3.05) is 5.75 Å². The van der Waals surface area contributed by atoms with E-state index >= 15 is 0 Å². The van der Waals surface area contributed by atoms with Gasteiger partial charge in [-0.25, -0.2) is 0 Å². The largest absolute Gasteiger partial charge is 0.350 e. The van der Waals surface area contributed by atoms with E-state index in [1.807, 2.05) is 52.0 Å². The molecule has 4 nitrogen and oxygen atoms in total. The van der Waals surface area contributed by atoms with Crippen LogP contribution in [-0.4, -0.2) is 34.0 Å². The summed E-state index contributed by atoms with van der Waals surface area (Å²) in [5.41, 5.74) is 2.99. The molecular formula is C25H33ClN2O2S. The van der Waals surface area contributed by atoms with Crippen LogP contribution >= 0.6 is 23.4 Å². The summed E-state index contributed by atoms with van der Waals surface area (Å²) in [6.45, 7) is 10.2. The number of aryl methyl sites for hydroxylation is 1. The Hall–Kier alpha value is -1.98. The van der Waals surface area contributed by atoms with E-state index in [0.717, 1.165) is 11.3 Å². The summed E-state index contributed by atoms with van der Waals surface area (Å²) in [7, 11) is 0. The Bertz CT molecular complexity index is 861. The molecule has 0 aliphatic carbocycles. The summed E-state index contributed by atoms with van der Waals surface area (Å²) in [4.78, 5) is 27.9. The van der Waals surface area contributed by atoms with Crippen molar-refractivity contribution in [2.45, 2.75) is 64.9 Å². The molecule has 2 rings (SSSR count). The predicted molar refractivity (Wildman–Crippen MR) is 131 cm³/mol.